The number of likely N-dealkylation sites (N-methyl/N-ethyl adjacent to an activating group) is 1. The van der Waals surface area contributed by atoms with Crippen molar-refractivity contribution in [2.75, 3.05) is 20.2 Å². The number of nitrogens with zero attached hydrogens (tertiary/aromatic N) is 2. The van der Waals surface area contributed by atoms with Crippen LogP contribution in [-0.2, 0) is 6.54 Å². The van der Waals surface area contributed by atoms with Gasteiger partial charge in [0.15, 0.2) is 0 Å². The minimum Gasteiger partial charge on any atom is -0.481 e. The molecular formula is C18H21N3O2S. The molecule has 0 saturated heterocycles. The highest BCUT2D eigenvalue weighted by Gasteiger charge is 2.16. The Bertz CT molecular complexity index is 849. The Hall–Kier alpha value is -2.18. The van der Waals surface area contributed by atoms with Crippen molar-refractivity contribution in [1.82, 2.24) is 14.9 Å². The second-order valence-electron chi connectivity index (χ2n) is 5.58. The maximum absolute atomic E-state index is 12.7. The molecule has 0 aliphatic heterocycles. The topological polar surface area (TPSA) is 56.2 Å². The zero-order valence-corrected chi connectivity index (χ0v) is 14.9. The highest BCUT2D eigenvalue weighted by molar-refractivity contribution is 7.20. The van der Waals surface area contributed by atoms with E-state index in [4.69, 9.17) is 4.74 Å². The second kappa shape index (κ2) is 7.15. The number of hydrogen-bond donors (Lipinski definition) is 1. The Morgan fingerprint density at radius 2 is 2.21 bits per heavy atom. The number of pyridine rings is 1. The largest absolute Gasteiger partial charge is 0.481 e. The van der Waals surface area contributed by atoms with Gasteiger partial charge in [0.25, 0.3) is 0 Å². The first kappa shape index (κ1) is 16.7. The molecule has 0 fully saturated rings. The van der Waals surface area contributed by atoms with Gasteiger partial charge in [-0.2, -0.15) is 0 Å². The lowest BCUT2D eigenvalue weighted by Crippen LogP contribution is -2.19. The van der Waals surface area contributed by atoms with E-state index in [-0.39, 0.29) is 5.78 Å². The SMILES string of the molecule is CCNCCn1c(C)cc2cc(C(=O)c3ccc(OC)nc3)sc21. The van der Waals surface area contributed by atoms with Gasteiger partial charge in [0.2, 0.25) is 11.7 Å². The molecule has 3 aromatic heterocycles. The first-order valence-corrected chi connectivity index (χ1v) is 8.80. The van der Waals surface area contributed by atoms with E-state index in [0.29, 0.717) is 11.4 Å². The van der Waals surface area contributed by atoms with Gasteiger partial charge in [0, 0.05) is 42.0 Å². The van der Waals surface area contributed by atoms with E-state index in [1.165, 1.54) is 5.69 Å². The number of methoxy groups -OCH3 is 1. The number of hydrogen-bond acceptors (Lipinski definition) is 5. The predicted octanol–water partition coefficient (Wildman–Crippen LogP) is 3.26. The summed E-state index contributed by atoms with van der Waals surface area (Å²) in [6.07, 6.45) is 1.57. The van der Waals surface area contributed by atoms with E-state index in [1.54, 1.807) is 36.8 Å². The quantitative estimate of drug-likeness (QED) is 0.528. The Balaban J connectivity index is 1.88. The summed E-state index contributed by atoms with van der Waals surface area (Å²) in [5, 5.41) is 4.47. The number of ketones is 1. The van der Waals surface area contributed by atoms with Gasteiger partial charge in [-0.15, -0.1) is 11.3 Å². The average molecular weight is 343 g/mol. The van der Waals surface area contributed by atoms with Gasteiger partial charge in [-0.25, -0.2) is 4.98 Å². The van der Waals surface area contributed by atoms with Gasteiger partial charge in [-0.05, 0) is 31.7 Å². The number of carbonyl (C=O) groups excluding carboxylic acids is 1. The van der Waals surface area contributed by atoms with Crippen molar-refractivity contribution in [3.05, 3.63) is 46.6 Å². The Morgan fingerprint density at radius 3 is 2.88 bits per heavy atom. The number of thiophene rings is 1. The molecule has 24 heavy (non-hydrogen) atoms. The van der Waals surface area contributed by atoms with E-state index in [9.17, 15) is 4.79 Å². The summed E-state index contributed by atoms with van der Waals surface area (Å²) >= 11 is 1.54. The average Bonchev–Trinajstić information content (AvgIpc) is 3.13. The van der Waals surface area contributed by atoms with Crippen LogP contribution in [0.15, 0.2) is 30.5 Å². The summed E-state index contributed by atoms with van der Waals surface area (Å²) in [4.78, 5) is 18.7. The molecular weight excluding hydrogens is 322 g/mol. The molecule has 126 valence electrons. The molecule has 0 atom stereocenters. The van der Waals surface area contributed by atoms with Gasteiger partial charge in [0.05, 0.1) is 12.0 Å². The van der Waals surface area contributed by atoms with Crippen LogP contribution >= 0.6 is 11.3 Å². The molecule has 0 aromatic carbocycles. The lowest BCUT2D eigenvalue weighted by molar-refractivity contribution is 0.104. The number of rotatable bonds is 7. The second-order valence-corrected chi connectivity index (χ2v) is 6.61. The van der Waals surface area contributed by atoms with Gasteiger partial charge >= 0.3 is 0 Å². The molecule has 0 amide bonds. The van der Waals surface area contributed by atoms with Crippen molar-refractivity contribution in [3.63, 3.8) is 0 Å². The van der Waals surface area contributed by atoms with E-state index in [2.05, 4.69) is 34.8 Å². The maximum Gasteiger partial charge on any atom is 0.212 e. The number of aromatic nitrogens is 2. The van der Waals surface area contributed by atoms with Crippen LogP contribution in [-0.4, -0.2) is 35.5 Å². The molecule has 3 heterocycles. The molecule has 0 unspecified atom stereocenters. The fraction of sp³-hybridized carbons (Fsp3) is 0.333. The van der Waals surface area contributed by atoms with E-state index in [1.807, 2.05) is 6.07 Å². The van der Waals surface area contributed by atoms with Crippen LogP contribution in [0.25, 0.3) is 10.2 Å². The molecule has 3 rings (SSSR count). The van der Waals surface area contributed by atoms with Crippen LogP contribution in [0.1, 0.15) is 27.9 Å². The van der Waals surface area contributed by atoms with Crippen molar-refractivity contribution in [1.29, 1.82) is 0 Å². The molecule has 0 bridgehead atoms. The normalized spacial score (nSPS) is 11.1. The number of nitrogens with one attached hydrogen (secondary N) is 1. The van der Waals surface area contributed by atoms with Crippen molar-refractivity contribution >= 4 is 27.3 Å². The summed E-state index contributed by atoms with van der Waals surface area (Å²) in [5.74, 6) is 0.510. The standard InChI is InChI=1S/C18H21N3O2S/c1-4-19-7-8-21-12(2)9-14-10-15(24-18(14)21)17(22)13-5-6-16(23-3)20-11-13/h5-6,9-11,19H,4,7-8H2,1-3H3. The Morgan fingerprint density at radius 1 is 1.38 bits per heavy atom. The summed E-state index contributed by atoms with van der Waals surface area (Å²) in [6, 6.07) is 7.58. The first-order valence-electron chi connectivity index (χ1n) is 7.99. The van der Waals surface area contributed by atoms with Crippen LogP contribution in [0, 0.1) is 6.92 Å². The Labute approximate surface area is 145 Å². The highest BCUT2D eigenvalue weighted by atomic mass is 32.1. The number of carbonyl (C=O) groups is 1. The van der Waals surface area contributed by atoms with Crippen molar-refractivity contribution in [3.8, 4) is 5.88 Å². The van der Waals surface area contributed by atoms with Crippen molar-refractivity contribution in [2.24, 2.45) is 0 Å². The third-order valence-corrected chi connectivity index (χ3v) is 5.14. The summed E-state index contributed by atoms with van der Waals surface area (Å²) < 4.78 is 7.31. The highest BCUT2D eigenvalue weighted by Crippen LogP contribution is 2.30. The van der Waals surface area contributed by atoms with E-state index >= 15 is 0 Å². The number of ether oxygens (including phenoxy) is 1. The van der Waals surface area contributed by atoms with Crippen LogP contribution in [0.2, 0.25) is 0 Å². The molecule has 6 heteroatoms. The molecule has 0 spiro atoms. The van der Waals surface area contributed by atoms with Gasteiger partial charge < -0.3 is 14.6 Å². The van der Waals surface area contributed by atoms with Crippen LogP contribution < -0.4 is 10.1 Å². The minimum atomic E-state index is 0.00207. The monoisotopic (exact) mass is 343 g/mol. The third kappa shape index (κ3) is 3.20. The molecule has 0 aliphatic carbocycles. The van der Waals surface area contributed by atoms with Crippen LogP contribution in [0.3, 0.4) is 0 Å². The molecule has 3 aromatic rings. The molecule has 0 saturated carbocycles. The smallest absolute Gasteiger partial charge is 0.212 e. The van der Waals surface area contributed by atoms with Gasteiger partial charge in [-0.1, -0.05) is 6.92 Å². The minimum absolute atomic E-state index is 0.00207. The predicted molar refractivity (Wildman–Crippen MR) is 97.3 cm³/mol. The molecule has 1 N–H and O–H groups in total. The molecule has 5 nitrogen and oxygen atoms in total. The van der Waals surface area contributed by atoms with Crippen LogP contribution in [0.5, 0.6) is 5.88 Å². The van der Waals surface area contributed by atoms with Gasteiger partial charge in [0.1, 0.15) is 4.83 Å². The fourth-order valence-electron chi connectivity index (χ4n) is 2.71. The molecule has 0 radical (unpaired) electrons. The van der Waals surface area contributed by atoms with E-state index < -0.39 is 0 Å². The summed E-state index contributed by atoms with van der Waals surface area (Å²) in [5.41, 5.74) is 1.80. The van der Waals surface area contributed by atoms with Gasteiger partial charge in [-0.3, -0.25) is 4.79 Å². The zero-order chi connectivity index (χ0) is 17.1. The number of aryl methyl sites for hydroxylation is 1. The fourth-order valence-corrected chi connectivity index (χ4v) is 3.89. The Kier molecular flexibility index (Phi) is 4.97. The van der Waals surface area contributed by atoms with Crippen LogP contribution in [0.4, 0.5) is 0 Å². The number of fused-ring (bicyclic) bond motifs is 1. The van der Waals surface area contributed by atoms with Crippen molar-refractivity contribution in [2.45, 2.75) is 20.4 Å². The summed E-state index contributed by atoms with van der Waals surface area (Å²) in [6.45, 7) is 6.99. The lowest BCUT2D eigenvalue weighted by atomic mass is 10.1. The lowest BCUT2D eigenvalue weighted by Gasteiger charge is -2.07. The van der Waals surface area contributed by atoms with E-state index in [0.717, 1.165) is 34.7 Å². The third-order valence-electron chi connectivity index (χ3n) is 3.97. The first-order chi connectivity index (χ1) is 11.6. The van der Waals surface area contributed by atoms with Crippen molar-refractivity contribution < 1.29 is 9.53 Å². The summed E-state index contributed by atoms with van der Waals surface area (Å²) in [7, 11) is 1.56. The zero-order valence-electron chi connectivity index (χ0n) is 14.1. The molecule has 0 aliphatic rings. The maximum atomic E-state index is 12.7.